The van der Waals surface area contributed by atoms with Crippen molar-refractivity contribution in [2.75, 3.05) is 6.61 Å². The monoisotopic (exact) mass is 144 g/mol. The minimum absolute atomic E-state index is 0.0116. The van der Waals surface area contributed by atoms with Crippen LogP contribution >= 0.6 is 0 Å². The fourth-order valence-corrected chi connectivity index (χ4v) is 0.967. The topological polar surface area (TPSA) is 18.5 Å². The van der Waals surface area contributed by atoms with Gasteiger partial charge in [-0.1, -0.05) is 20.8 Å². The van der Waals surface area contributed by atoms with Gasteiger partial charge in [0, 0.05) is 5.41 Å². The summed E-state index contributed by atoms with van der Waals surface area (Å²) in [6, 6.07) is 0. The molecule has 1 rings (SSSR count). The Bertz CT molecular complexity index is 115. The third kappa shape index (κ3) is 1.70. The quantitative estimate of drug-likeness (QED) is 0.516. The highest BCUT2D eigenvalue weighted by molar-refractivity contribution is 4.72. The van der Waals surface area contributed by atoms with Gasteiger partial charge in [0.15, 0.2) is 6.29 Å². The normalized spacial score (nSPS) is 34.8. The summed E-state index contributed by atoms with van der Waals surface area (Å²) in [6.45, 7) is 9.13. The Balaban J connectivity index is 2.45. The smallest absolute Gasteiger partial charge is 0.162 e. The SMILES string of the molecule is C[C@@H]1CO[C@H](C(C)(C)C)O1. The van der Waals surface area contributed by atoms with Crippen LogP contribution < -0.4 is 0 Å². The van der Waals surface area contributed by atoms with Crippen molar-refractivity contribution < 1.29 is 9.47 Å². The van der Waals surface area contributed by atoms with Crippen molar-refractivity contribution >= 4 is 0 Å². The molecule has 0 bridgehead atoms. The zero-order valence-electron chi connectivity index (χ0n) is 7.18. The van der Waals surface area contributed by atoms with Crippen LogP contribution in [0.3, 0.4) is 0 Å². The Morgan fingerprint density at radius 1 is 1.30 bits per heavy atom. The van der Waals surface area contributed by atoms with Crippen molar-refractivity contribution in [3.05, 3.63) is 0 Å². The number of hydrogen-bond donors (Lipinski definition) is 0. The lowest BCUT2D eigenvalue weighted by Gasteiger charge is -2.24. The van der Waals surface area contributed by atoms with E-state index < -0.39 is 0 Å². The molecule has 0 amide bonds. The van der Waals surface area contributed by atoms with Crippen molar-refractivity contribution in [1.82, 2.24) is 0 Å². The molecular formula is C8H16O2. The second-order valence-electron chi connectivity index (χ2n) is 3.98. The largest absolute Gasteiger partial charge is 0.349 e. The van der Waals surface area contributed by atoms with Crippen molar-refractivity contribution in [1.29, 1.82) is 0 Å². The summed E-state index contributed by atoms with van der Waals surface area (Å²) in [7, 11) is 0. The van der Waals surface area contributed by atoms with Crippen molar-refractivity contribution in [3.63, 3.8) is 0 Å². The van der Waals surface area contributed by atoms with E-state index in [2.05, 4.69) is 20.8 Å². The van der Waals surface area contributed by atoms with E-state index in [0.717, 1.165) is 6.61 Å². The van der Waals surface area contributed by atoms with E-state index in [4.69, 9.17) is 9.47 Å². The van der Waals surface area contributed by atoms with Crippen molar-refractivity contribution in [2.45, 2.75) is 40.1 Å². The first kappa shape index (κ1) is 8.02. The van der Waals surface area contributed by atoms with Crippen LogP contribution in [0, 0.1) is 5.41 Å². The molecule has 0 aromatic rings. The minimum atomic E-state index is -0.0116. The Labute approximate surface area is 62.5 Å². The molecule has 1 aliphatic rings. The van der Waals surface area contributed by atoms with Gasteiger partial charge in [0.2, 0.25) is 0 Å². The molecule has 0 saturated carbocycles. The van der Waals surface area contributed by atoms with Gasteiger partial charge in [0.25, 0.3) is 0 Å². The first-order chi connectivity index (χ1) is 4.50. The van der Waals surface area contributed by atoms with E-state index >= 15 is 0 Å². The molecule has 2 heteroatoms. The minimum Gasteiger partial charge on any atom is -0.349 e. The first-order valence-electron chi connectivity index (χ1n) is 3.77. The van der Waals surface area contributed by atoms with Crippen LogP contribution in [0.25, 0.3) is 0 Å². The molecule has 0 aromatic carbocycles. The fraction of sp³-hybridized carbons (Fsp3) is 1.00. The average Bonchev–Trinajstić information content (AvgIpc) is 2.11. The first-order valence-corrected chi connectivity index (χ1v) is 3.77. The molecule has 10 heavy (non-hydrogen) atoms. The summed E-state index contributed by atoms with van der Waals surface area (Å²) in [6.07, 6.45) is 0.256. The molecule has 0 N–H and O–H groups in total. The van der Waals surface area contributed by atoms with E-state index in [1.165, 1.54) is 0 Å². The van der Waals surface area contributed by atoms with Crippen LogP contribution in [0.5, 0.6) is 0 Å². The molecule has 60 valence electrons. The Hall–Kier alpha value is -0.0800. The summed E-state index contributed by atoms with van der Waals surface area (Å²) in [5.41, 5.74) is 0.116. The lowest BCUT2D eigenvalue weighted by molar-refractivity contribution is -0.122. The van der Waals surface area contributed by atoms with Crippen LogP contribution in [-0.4, -0.2) is 19.0 Å². The molecule has 0 unspecified atom stereocenters. The molecule has 1 heterocycles. The molecule has 0 radical (unpaired) electrons. The molecule has 2 atom stereocenters. The molecule has 1 aliphatic heterocycles. The highest BCUT2D eigenvalue weighted by atomic mass is 16.7. The second kappa shape index (κ2) is 2.51. The lowest BCUT2D eigenvalue weighted by atomic mass is 9.96. The van der Waals surface area contributed by atoms with Crippen molar-refractivity contribution in [2.24, 2.45) is 5.41 Å². The van der Waals surface area contributed by atoms with Gasteiger partial charge in [-0.25, -0.2) is 0 Å². The van der Waals surface area contributed by atoms with Gasteiger partial charge in [-0.2, -0.15) is 0 Å². The molecule has 1 saturated heterocycles. The van der Waals surface area contributed by atoms with E-state index in [-0.39, 0.29) is 17.8 Å². The van der Waals surface area contributed by atoms with Crippen LogP contribution in [0.4, 0.5) is 0 Å². The summed E-state index contributed by atoms with van der Waals surface area (Å²) < 4.78 is 10.9. The summed E-state index contributed by atoms with van der Waals surface area (Å²) in [5, 5.41) is 0. The Morgan fingerprint density at radius 3 is 2.10 bits per heavy atom. The van der Waals surface area contributed by atoms with Crippen LogP contribution in [-0.2, 0) is 9.47 Å². The van der Waals surface area contributed by atoms with E-state index in [9.17, 15) is 0 Å². The van der Waals surface area contributed by atoms with Gasteiger partial charge in [0.05, 0.1) is 12.7 Å². The molecular weight excluding hydrogens is 128 g/mol. The highest BCUT2D eigenvalue weighted by Gasteiger charge is 2.32. The number of hydrogen-bond acceptors (Lipinski definition) is 2. The van der Waals surface area contributed by atoms with Gasteiger partial charge in [0.1, 0.15) is 0 Å². The summed E-state index contributed by atoms with van der Waals surface area (Å²) in [5.74, 6) is 0. The standard InChI is InChI=1S/C8H16O2/c1-6-5-9-7(10-6)8(2,3)4/h6-7H,5H2,1-4H3/t6-,7+/m1/s1. The Kier molecular flexibility index (Phi) is 2.02. The van der Waals surface area contributed by atoms with Gasteiger partial charge in [-0.3, -0.25) is 0 Å². The molecule has 2 nitrogen and oxygen atoms in total. The zero-order valence-corrected chi connectivity index (χ0v) is 7.18. The maximum absolute atomic E-state index is 5.50. The zero-order chi connectivity index (χ0) is 7.78. The predicted molar refractivity (Wildman–Crippen MR) is 39.7 cm³/mol. The predicted octanol–water partition coefficient (Wildman–Crippen LogP) is 1.79. The van der Waals surface area contributed by atoms with E-state index in [1.54, 1.807) is 0 Å². The van der Waals surface area contributed by atoms with Crippen LogP contribution in [0.15, 0.2) is 0 Å². The van der Waals surface area contributed by atoms with Gasteiger partial charge < -0.3 is 9.47 Å². The van der Waals surface area contributed by atoms with Crippen LogP contribution in [0.2, 0.25) is 0 Å². The molecule has 0 aromatic heterocycles. The number of rotatable bonds is 0. The maximum atomic E-state index is 5.50. The fourth-order valence-electron chi connectivity index (χ4n) is 0.967. The van der Waals surface area contributed by atoms with Gasteiger partial charge >= 0.3 is 0 Å². The van der Waals surface area contributed by atoms with Gasteiger partial charge in [-0.05, 0) is 6.92 Å². The Morgan fingerprint density at radius 2 is 1.90 bits per heavy atom. The second-order valence-corrected chi connectivity index (χ2v) is 3.98. The van der Waals surface area contributed by atoms with Crippen molar-refractivity contribution in [3.8, 4) is 0 Å². The summed E-state index contributed by atoms with van der Waals surface area (Å²) in [4.78, 5) is 0. The van der Waals surface area contributed by atoms with Gasteiger partial charge in [-0.15, -0.1) is 0 Å². The lowest BCUT2D eigenvalue weighted by Crippen LogP contribution is -2.27. The number of ether oxygens (including phenoxy) is 2. The molecule has 0 aliphatic carbocycles. The highest BCUT2D eigenvalue weighted by Crippen LogP contribution is 2.28. The maximum Gasteiger partial charge on any atom is 0.162 e. The van der Waals surface area contributed by atoms with E-state index in [1.807, 2.05) is 6.92 Å². The third-order valence-corrected chi connectivity index (χ3v) is 1.55. The van der Waals surface area contributed by atoms with E-state index in [0.29, 0.717) is 0 Å². The molecule has 0 spiro atoms. The van der Waals surface area contributed by atoms with Crippen LogP contribution in [0.1, 0.15) is 27.7 Å². The third-order valence-electron chi connectivity index (χ3n) is 1.55. The molecule has 1 fully saturated rings. The summed E-state index contributed by atoms with van der Waals surface area (Å²) >= 11 is 0. The average molecular weight is 144 g/mol.